The molecule has 1 aromatic carbocycles. The van der Waals surface area contributed by atoms with Crippen LogP contribution in [-0.2, 0) is 16.1 Å². The largest absolute Gasteiger partial charge is 0.308 e. The second-order valence-electron chi connectivity index (χ2n) is 6.33. The van der Waals surface area contributed by atoms with Gasteiger partial charge in [-0.05, 0) is 42.8 Å². The fourth-order valence-corrected chi connectivity index (χ4v) is 3.89. The van der Waals surface area contributed by atoms with Crippen LogP contribution in [0, 0.1) is 5.82 Å². The van der Waals surface area contributed by atoms with Crippen molar-refractivity contribution in [2.75, 3.05) is 11.9 Å². The minimum absolute atomic E-state index is 0.0115. The average Bonchev–Trinajstić information content (AvgIpc) is 3.21. The highest BCUT2D eigenvalue weighted by Gasteiger charge is 2.41. The van der Waals surface area contributed by atoms with Gasteiger partial charge >= 0.3 is 0 Å². The molecule has 7 nitrogen and oxygen atoms in total. The Labute approximate surface area is 157 Å². The fourth-order valence-electron chi connectivity index (χ4n) is 3.16. The molecular formula is C18H15FN4O3S. The maximum atomic E-state index is 13.1. The van der Waals surface area contributed by atoms with E-state index in [0.29, 0.717) is 21.7 Å². The standard InChI is InChI=1S/C18H15FN4O3S/c1-22(9-14-20-12-6-7-27-16(12)17(25)21-14)13-8-15(24)23(18(13)26)11-4-2-10(19)3-5-11/h2-7,13H,8-9H2,1H3,(H,20,21,25)/t13-/m1/s1. The first kappa shape index (κ1) is 17.5. The van der Waals surface area contributed by atoms with E-state index in [0.717, 1.165) is 4.90 Å². The number of amides is 2. The molecule has 3 aromatic rings. The molecule has 1 saturated heterocycles. The molecule has 0 spiro atoms. The third-order valence-corrected chi connectivity index (χ3v) is 5.41. The highest BCUT2D eigenvalue weighted by atomic mass is 32.1. The number of imide groups is 1. The Morgan fingerprint density at radius 3 is 2.74 bits per heavy atom. The molecule has 1 fully saturated rings. The molecular weight excluding hydrogens is 371 g/mol. The SMILES string of the molecule is CN(Cc1nc2ccsc2c(=O)[nH]1)[C@@H]1CC(=O)N(c2ccc(F)cc2)C1=O. The molecule has 0 radical (unpaired) electrons. The summed E-state index contributed by atoms with van der Waals surface area (Å²) in [5.41, 5.74) is 0.725. The number of aromatic nitrogens is 2. The number of hydrogen-bond acceptors (Lipinski definition) is 6. The van der Waals surface area contributed by atoms with Crippen molar-refractivity contribution in [2.45, 2.75) is 19.0 Å². The number of thiophene rings is 1. The Morgan fingerprint density at radius 1 is 1.26 bits per heavy atom. The minimum atomic E-state index is -0.675. The van der Waals surface area contributed by atoms with Gasteiger partial charge in [0.05, 0.1) is 30.2 Å². The van der Waals surface area contributed by atoms with Crippen LogP contribution in [0.25, 0.3) is 10.2 Å². The quantitative estimate of drug-likeness (QED) is 0.692. The van der Waals surface area contributed by atoms with Gasteiger partial charge in [0.15, 0.2) is 0 Å². The van der Waals surface area contributed by atoms with Crippen LogP contribution in [0.3, 0.4) is 0 Å². The number of anilines is 1. The van der Waals surface area contributed by atoms with Crippen molar-refractivity contribution in [3.05, 3.63) is 57.7 Å². The van der Waals surface area contributed by atoms with Crippen molar-refractivity contribution >= 4 is 39.1 Å². The number of hydrogen-bond donors (Lipinski definition) is 1. The summed E-state index contributed by atoms with van der Waals surface area (Å²) >= 11 is 1.31. The Bertz CT molecular complexity index is 1090. The molecule has 0 bridgehead atoms. The second kappa shape index (κ2) is 6.67. The molecule has 1 atom stereocenters. The molecule has 1 N–H and O–H groups in total. The van der Waals surface area contributed by atoms with Crippen molar-refractivity contribution in [3.63, 3.8) is 0 Å². The van der Waals surface area contributed by atoms with Crippen molar-refractivity contribution in [1.82, 2.24) is 14.9 Å². The van der Waals surface area contributed by atoms with Crippen LogP contribution >= 0.6 is 11.3 Å². The predicted octanol–water partition coefficient (Wildman–Crippen LogP) is 1.89. The second-order valence-corrected chi connectivity index (χ2v) is 7.24. The van der Waals surface area contributed by atoms with Crippen LogP contribution in [0.4, 0.5) is 10.1 Å². The first-order valence-electron chi connectivity index (χ1n) is 8.23. The summed E-state index contributed by atoms with van der Waals surface area (Å²) in [5, 5.41) is 1.79. The number of H-pyrrole nitrogens is 1. The van der Waals surface area contributed by atoms with Gasteiger partial charge in [0.25, 0.3) is 11.5 Å². The molecule has 1 aliphatic rings. The van der Waals surface area contributed by atoms with E-state index in [4.69, 9.17) is 0 Å². The lowest BCUT2D eigenvalue weighted by atomic mass is 10.2. The van der Waals surface area contributed by atoms with Gasteiger partial charge in [-0.15, -0.1) is 11.3 Å². The highest BCUT2D eigenvalue weighted by molar-refractivity contribution is 7.17. The molecule has 2 aromatic heterocycles. The molecule has 3 heterocycles. The third-order valence-electron chi connectivity index (χ3n) is 4.50. The van der Waals surface area contributed by atoms with Crippen LogP contribution in [-0.4, -0.2) is 39.8 Å². The molecule has 27 heavy (non-hydrogen) atoms. The van der Waals surface area contributed by atoms with E-state index < -0.39 is 11.9 Å². The van der Waals surface area contributed by atoms with Gasteiger partial charge in [0, 0.05) is 0 Å². The lowest BCUT2D eigenvalue weighted by molar-refractivity contribution is -0.122. The average molecular weight is 386 g/mol. The van der Waals surface area contributed by atoms with Crippen LogP contribution in [0.5, 0.6) is 0 Å². The fraction of sp³-hybridized carbons (Fsp3) is 0.222. The van der Waals surface area contributed by atoms with Gasteiger partial charge < -0.3 is 4.98 Å². The maximum absolute atomic E-state index is 13.1. The zero-order valence-corrected chi connectivity index (χ0v) is 15.1. The molecule has 4 rings (SSSR count). The summed E-state index contributed by atoms with van der Waals surface area (Å²) in [6.45, 7) is 0.210. The molecule has 0 unspecified atom stereocenters. The number of nitrogens with one attached hydrogen (secondary N) is 1. The number of carbonyl (C=O) groups is 2. The minimum Gasteiger partial charge on any atom is -0.308 e. The van der Waals surface area contributed by atoms with E-state index in [1.54, 1.807) is 23.4 Å². The van der Waals surface area contributed by atoms with Gasteiger partial charge in [0.2, 0.25) is 5.91 Å². The van der Waals surface area contributed by atoms with Gasteiger partial charge in [-0.25, -0.2) is 14.3 Å². The summed E-state index contributed by atoms with van der Waals surface area (Å²) in [6.07, 6.45) is 0.0115. The molecule has 1 aliphatic heterocycles. The predicted molar refractivity (Wildman–Crippen MR) is 99.0 cm³/mol. The topological polar surface area (TPSA) is 86.4 Å². The Kier molecular flexibility index (Phi) is 4.33. The number of halogens is 1. The maximum Gasteiger partial charge on any atom is 0.268 e. The summed E-state index contributed by atoms with van der Waals surface area (Å²) in [4.78, 5) is 47.0. The Balaban J connectivity index is 1.55. The molecule has 0 saturated carbocycles. The van der Waals surface area contributed by atoms with Crippen LogP contribution < -0.4 is 10.5 Å². The summed E-state index contributed by atoms with van der Waals surface area (Å²) < 4.78 is 13.7. The van der Waals surface area contributed by atoms with E-state index in [1.807, 2.05) is 0 Å². The van der Waals surface area contributed by atoms with E-state index in [2.05, 4.69) is 9.97 Å². The number of aromatic amines is 1. The Morgan fingerprint density at radius 2 is 2.00 bits per heavy atom. The third kappa shape index (κ3) is 3.15. The normalized spacial score (nSPS) is 17.4. The smallest absolute Gasteiger partial charge is 0.268 e. The van der Waals surface area contributed by atoms with Gasteiger partial charge in [-0.1, -0.05) is 0 Å². The summed E-state index contributed by atoms with van der Waals surface area (Å²) in [7, 11) is 1.70. The lowest BCUT2D eigenvalue weighted by Gasteiger charge is -2.22. The van der Waals surface area contributed by atoms with Crippen molar-refractivity contribution in [1.29, 1.82) is 0 Å². The number of rotatable bonds is 4. The van der Waals surface area contributed by atoms with Crippen molar-refractivity contribution in [2.24, 2.45) is 0 Å². The first-order chi connectivity index (χ1) is 12.9. The number of likely N-dealkylation sites (N-methyl/N-ethyl adjacent to an activating group) is 1. The number of fused-ring (bicyclic) bond motifs is 1. The van der Waals surface area contributed by atoms with E-state index in [9.17, 15) is 18.8 Å². The van der Waals surface area contributed by atoms with Gasteiger partial charge in [-0.2, -0.15) is 0 Å². The number of benzene rings is 1. The zero-order chi connectivity index (χ0) is 19.1. The Hall–Kier alpha value is -2.91. The summed E-state index contributed by atoms with van der Waals surface area (Å²) in [5.74, 6) is -0.745. The van der Waals surface area contributed by atoms with Gasteiger partial charge in [-0.3, -0.25) is 19.3 Å². The molecule has 2 amide bonds. The molecule has 138 valence electrons. The molecule has 9 heteroatoms. The van der Waals surface area contributed by atoms with Crippen molar-refractivity contribution in [3.8, 4) is 0 Å². The van der Waals surface area contributed by atoms with Gasteiger partial charge in [0.1, 0.15) is 16.3 Å². The van der Waals surface area contributed by atoms with E-state index >= 15 is 0 Å². The van der Waals surface area contributed by atoms with E-state index in [1.165, 1.54) is 35.6 Å². The lowest BCUT2D eigenvalue weighted by Crippen LogP contribution is -2.40. The molecule has 0 aliphatic carbocycles. The van der Waals surface area contributed by atoms with Crippen molar-refractivity contribution < 1.29 is 14.0 Å². The summed E-state index contributed by atoms with van der Waals surface area (Å²) in [6, 6.07) is 6.30. The van der Waals surface area contributed by atoms with Crippen LogP contribution in [0.15, 0.2) is 40.5 Å². The zero-order valence-electron chi connectivity index (χ0n) is 14.3. The van der Waals surface area contributed by atoms with Crippen LogP contribution in [0.1, 0.15) is 12.2 Å². The number of carbonyl (C=O) groups excluding carboxylic acids is 2. The van der Waals surface area contributed by atoms with E-state index in [-0.39, 0.29) is 30.3 Å². The highest BCUT2D eigenvalue weighted by Crippen LogP contribution is 2.26. The first-order valence-corrected chi connectivity index (χ1v) is 9.11. The van der Waals surface area contributed by atoms with Crippen LogP contribution in [0.2, 0.25) is 0 Å². The monoisotopic (exact) mass is 386 g/mol. The number of nitrogens with zero attached hydrogens (tertiary/aromatic N) is 3.